The highest BCUT2D eigenvalue weighted by Gasteiger charge is 2.32. The molecule has 18 heavy (non-hydrogen) atoms. The summed E-state index contributed by atoms with van der Waals surface area (Å²) in [6.45, 7) is 1.10. The number of hydrogen-bond donors (Lipinski definition) is 1. The van der Waals surface area contributed by atoms with Crippen molar-refractivity contribution in [1.82, 2.24) is 9.29 Å². The van der Waals surface area contributed by atoms with E-state index in [-0.39, 0.29) is 10.9 Å². The fourth-order valence-electron chi connectivity index (χ4n) is 2.41. The maximum absolute atomic E-state index is 12.5. The highest BCUT2D eigenvalue weighted by Crippen LogP contribution is 2.26. The lowest BCUT2D eigenvalue weighted by atomic mass is 10.0. The van der Waals surface area contributed by atoms with Crippen LogP contribution in [0.15, 0.2) is 29.4 Å². The predicted molar refractivity (Wildman–Crippen MR) is 69.4 cm³/mol. The first kappa shape index (κ1) is 13.5. The summed E-state index contributed by atoms with van der Waals surface area (Å²) in [5, 5.41) is 0. The molecule has 1 unspecified atom stereocenters. The smallest absolute Gasteiger partial charge is 0.244 e. The summed E-state index contributed by atoms with van der Waals surface area (Å²) in [4.78, 5) is 4.16. The Hall–Kier alpha value is -0.980. The lowest BCUT2D eigenvalue weighted by Crippen LogP contribution is -2.44. The summed E-state index contributed by atoms with van der Waals surface area (Å²) >= 11 is 0. The molecular weight excluding hydrogens is 250 g/mol. The summed E-state index contributed by atoms with van der Waals surface area (Å²) in [6.07, 6.45) is 6.59. The van der Waals surface area contributed by atoms with E-state index < -0.39 is 10.0 Å². The maximum Gasteiger partial charge on any atom is 0.244 e. The monoisotopic (exact) mass is 269 g/mol. The van der Waals surface area contributed by atoms with Gasteiger partial charge in [0.1, 0.15) is 4.90 Å². The van der Waals surface area contributed by atoms with Crippen LogP contribution in [0.1, 0.15) is 25.7 Å². The van der Waals surface area contributed by atoms with Crippen LogP contribution in [-0.2, 0) is 10.0 Å². The fraction of sp³-hybridized carbons (Fsp3) is 0.583. The van der Waals surface area contributed by atoms with Crippen LogP contribution in [0.4, 0.5) is 0 Å². The van der Waals surface area contributed by atoms with Gasteiger partial charge in [0.15, 0.2) is 0 Å². The molecule has 0 aliphatic carbocycles. The van der Waals surface area contributed by atoms with Crippen molar-refractivity contribution in [2.45, 2.75) is 36.6 Å². The van der Waals surface area contributed by atoms with Crippen molar-refractivity contribution < 1.29 is 8.42 Å². The highest BCUT2D eigenvalue weighted by molar-refractivity contribution is 7.89. The topological polar surface area (TPSA) is 76.3 Å². The molecule has 6 heteroatoms. The molecule has 1 fully saturated rings. The molecule has 0 amide bonds. The lowest BCUT2D eigenvalue weighted by molar-refractivity contribution is 0.243. The quantitative estimate of drug-likeness (QED) is 0.883. The highest BCUT2D eigenvalue weighted by atomic mass is 32.2. The van der Waals surface area contributed by atoms with Crippen molar-refractivity contribution >= 4 is 10.0 Å². The van der Waals surface area contributed by atoms with Gasteiger partial charge in [-0.3, -0.25) is 4.98 Å². The summed E-state index contributed by atoms with van der Waals surface area (Å²) in [6, 6.07) is 3.28. The third-order valence-corrected chi connectivity index (χ3v) is 5.25. The van der Waals surface area contributed by atoms with Gasteiger partial charge in [0.2, 0.25) is 10.0 Å². The second kappa shape index (κ2) is 5.77. The summed E-state index contributed by atoms with van der Waals surface area (Å²) < 4.78 is 26.6. The number of pyridine rings is 1. The van der Waals surface area contributed by atoms with Crippen molar-refractivity contribution in [3.63, 3.8) is 0 Å². The number of sulfonamides is 1. The van der Waals surface area contributed by atoms with Crippen LogP contribution in [0, 0.1) is 0 Å². The average molecular weight is 269 g/mol. The van der Waals surface area contributed by atoms with Gasteiger partial charge in [0, 0.05) is 25.0 Å². The van der Waals surface area contributed by atoms with Crippen molar-refractivity contribution in [2.75, 3.05) is 13.1 Å². The predicted octanol–water partition coefficient (Wildman–Crippen LogP) is 0.974. The van der Waals surface area contributed by atoms with E-state index in [9.17, 15) is 8.42 Å². The van der Waals surface area contributed by atoms with Gasteiger partial charge in [-0.2, -0.15) is 4.31 Å². The van der Waals surface area contributed by atoms with E-state index in [0.29, 0.717) is 13.1 Å². The third kappa shape index (κ3) is 2.71. The number of piperidine rings is 1. The number of aromatic nitrogens is 1. The van der Waals surface area contributed by atoms with E-state index in [1.165, 1.54) is 6.20 Å². The largest absolute Gasteiger partial charge is 0.330 e. The molecule has 2 heterocycles. The van der Waals surface area contributed by atoms with E-state index in [1.54, 1.807) is 22.6 Å². The molecule has 0 saturated carbocycles. The maximum atomic E-state index is 12.5. The van der Waals surface area contributed by atoms with Gasteiger partial charge in [-0.1, -0.05) is 6.42 Å². The first-order valence-corrected chi connectivity index (χ1v) is 7.72. The van der Waals surface area contributed by atoms with Crippen LogP contribution in [0.25, 0.3) is 0 Å². The number of hydrogen-bond acceptors (Lipinski definition) is 4. The summed E-state index contributed by atoms with van der Waals surface area (Å²) in [5.74, 6) is 0. The fourth-order valence-corrected chi connectivity index (χ4v) is 4.09. The third-order valence-electron chi connectivity index (χ3n) is 3.31. The van der Waals surface area contributed by atoms with E-state index in [2.05, 4.69) is 4.98 Å². The molecular formula is C12H19N3O2S. The zero-order valence-corrected chi connectivity index (χ0v) is 11.1. The zero-order chi connectivity index (χ0) is 13.0. The van der Waals surface area contributed by atoms with Crippen molar-refractivity contribution in [3.8, 4) is 0 Å². The van der Waals surface area contributed by atoms with Crippen LogP contribution in [0.3, 0.4) is 0 Å². The van der Waals surface area contributed by atoms with Crippen molar-refractivity contribution in [1.29, 1.82) is 0 Å². The Morgan fingerprint density at radius 1 is 1.44 bits per heavy atom. The SMILES string of the molecule is NCCC1CCCCN1S(=O)(=O)c1cccnc1. The van der Waals surface area contributed by atoms with E-state index in [1.807, 2.05) is 0 Å². The van der Waals surface area contributed by atoms with Crippen LogP contribution in [0.5, 0.6) is 0 Å². The molecule has 1 aliphatic heterocycles. The molecule has 0 bridgehead atoms. The van der Waals surface area contributed by atoms with E-state index in [4.69, 9.17) is 5.73 Å². The first-order chi connectivity index (χ1) is 8.66. The minimum atomic E-state index is -3.42. The number of rotatable bonds is 4. The van der Waals surface area contributed by atoms with Gasteiger partial charge in [-0.05, 0) is 37.9 Å². The van der Waals surface area contributed by atoms with Crippen LogP contribution >= 0.6 is 0 Å². The van der Waals surface area contributed by atoms with Gasteiger partial charge < -0.3 is 5.73 Å². The molecule has 1 aromatic heterocycles. The Morgan fingerprint density at radius 3 is 2.94 bits per heavy atom. The Balaban J connectivity index is 2.27. The standard InChI is InChI=1S/C12H19N3O2S/c13-7-6-11-4-1-2-9-15(11)18(16,17)12-5-3-8-14-10-12/h3,5,8,10-11H,1-2,4,6-7,9,13H2. The summed E-state index contributed by atoms with van der Waals surface area (Å²) in [5.41, 5.74) is 5.57. The molecule has 1 aliphatic rings. The second-order valence-electron chi connectivity index (χ2n) is 4.53. The normalized spacial score (nSPS) is 21.9. The van der Waals surface area contributed by atoms with Gasteiger partial charge in [0.05, 0.1) is 0 Å². The molecule has 100 valence electrons. The molecule has 5 nitrogen and oxygen atoms in total. The van der Waals surface area contributed by atoms with E-state index >= 15 is 0 Å². The van der Waals surface area contributed by atoms with Gasteiger partial charge >= 0.3 is 0 Å². The zero-order valence-electron chi connectivity index (χ0n) is 10.3. The Labute approximate surface area is 108 Å². The van der Waals surface area contributed by atoms with Gasteiger partial charge in [-0.25, -0.2) is 8.42 Å². The molecule has 0 spiro atoms. The molecule has 2 N–H and O–H groups in total. The molecule has 0 aromatic carbocycles. The van der Waals surface area contributed by atoms with Gasteiger partial charge in [0.25, 0.3) is 0 Å². The van der Waals surface area contributed by atoms with E-state index in [0.717, 1.165) is 25.7 Å². The molecule has 0 radical (unpaired) electrons. The van der Waals surface area contributed by atoms with Gasteiger partial charge in [-0.15, -0.1) is 0 Å². The first-order valence-electron chi connectivity index (χ1n) is 6.28. The lowest BCUT2D eigenvalue weighted by Gasteiger charge is -2.34. The minimum absolute atomic E-state index is 0.0361. The number of nitrogens with two attached hydrogens (primary N) is 1. The minimum Gasteiger partial charge on any atom is -0.330 e. The summed E-state index contributed by atoms with van der Waals surface area (Å²) in [7, 11) is -3.42. The molecule has 1 atom stereocenters. The average Bonchev–Trinajstić information content (AvgIpc) is 2.41. The molecule has 1 saturated heterocycles. The number of nitrogens with zero attached hydrogens (tertiary/aromatic N) is 2. The molecule has 1 aromatic rings. The van der Waals surface area contributed by atoms with Crippen LogP contribution < -0.4 is 5.73 Å². The van der Waals surface area contributed by atoms with Crippen molar-refractivity contribution in [2.24, 2.45) is 5.73 Å². The molecule has 2 rings (SSSR count). The van der Waals surface area contributed by atoms with Crippen molar-refractivity contribution in [3.05, 3.63) is 24.5 Å². The Bertz CT molecular complexity index is 473. The van der Waals surface area contributed by atoms with Crippen LogP contribution in [0.2, 0.25) is 0 Å². The Kier molecular flexibility index (Phi) is 4.31. The van der Waals surface area contributed by atoms with Crippen LogP contribution in [-0.4, -0.2) is 36.8 Å². The second-order valence-corrected chi connectivity index (χ2v) is 6.42. The Morgan fingerprint density at radius 2 is 2.28 bits per heavy atom.